The van der Waals surface area contributed by atoms with E-state index in [2.05, 4.69) is 19.5 Å². The second-order valence-electron chi connectivity index (χ2n) is 2.73. The summed E-state index contributed by atoms with van der Waals surface area (Å²) >= 11 is 0. The van der Waals surface area contributed by atoms with Crippen molar-refractivity contribution in [2.45, 2.75) is 52.0 Å². The number of rotatable bonds is 6. The van der Waals surface area contributed by atoms with Crippen LogP contribution in [0.2, 0.25) is 6.04 Å². The molecule has 0 aliphatic rings. The highest BCUT2D eigenvalue weighted by Gasteiger charge is 1.83. The van der Waals surface area contributed by atoms with E-state index >= 15 is 0 Å². The standard InChI is InChI=1S/C9H20Si/c1-3-5-6-7-9-10-8-4-2/h8,10H,3-7,9H2,1-2H3. The van der Waals surface area contributed by atoms with Gasteiger partial charge in [-0.1, -0.05) is 39.5 Å². The van der Waals surface area contributed by atoms with Gasteiger partial charge in [-0.3, -0.25) is 0 Å². The van der Waals surface area contributed by atoms with Crippen molar-refractivity contribution in [1.29, 1.82) is 0 Å². The van der Waals surface area contributed by atoms with Gasteiger partial charge in [-0.05, 0) is 21.6 Å². The van der Waals surface area contributed by atoms with Crippen molar-refractivity contribution in [3.8, 4) is 0 Å². The predicted octanol–water partition coefficient (Wildman–Crippen LogP) is 2.63. The SMILES string of the molecule is CCC=[SiH]CCCCCC. The third-order valence-corrected chi connectivity index (χ3v) is 3.17. The fourth-order valence-corrected chi connectivity index (χ4v) is 2.07. The average molecular weight is 156 g/mol. The lowest BCUT2D eigenvalue weighted by atomic mass is 10.2. The van der Waals surface area contributed by atoms with Crippen molar-refractivity contribution in [1.82, 2.24) is 0 Å². The zero-order chi connectivity index (χ0) is 7.66. The summed E-state index contributed by atoms with van der Waals surface area (Å²) in [4.78, 5) is 0. The van der Waals surface area contributed by atoms with Gasteiger partial charge in [0.15, 0.2) is 0 Å². The molecule has 0 aromatic rings. The maximum absolute atomic E-state index is 2.46. The minimum atomic E-state index is 0.688. The summed E-state index contributed by atoms with van der Waals surface area (Å²) in [5, 5.41) is 0. The Morgan fingerprint density at radius 3 is 2.50 bits per heavy atom. The Bertz CT molecular complexity index is 76.8. The van der Waals surface area contributed by atoms with E-state index in [1.54, 1.807) is 0 Å². The summed E-state index contributed by atoms with van der Waals surface area (Å²) in [7, 11) is 0.688. The molecule has 0 spiro atoms. The molecule has 0 N–H and O–H groups in total. The van der Waals surface area contributed by atoms with Gasteiger partial charge in [-0.25, -0.2) is 0 Å². The Balaban J connectivity index is 2.83. The largest absolute Gasteiger partial charge is 0.107 e. The normalized spacial score (nSPS) is 11.0. The van der Waals surface area contributed by atoms with E-state index in [1.165, 1.54) is 38.1 Å². The van der Waals surface area contributed by atoms with E-state index < -0.39 is 0 Å². The van der Waals surface area contributed by atoms with Crippen LogP contribution < -0.4 is 0 Å². The van der Waals surface area contributed by atoms with Gasteiger partial charge in [0.25, 0.3) is 0 Å². The lowest BCUT2D eigenvalue weighted by Crippen LogP contribution is -1.82. The summed E-state index contributed by atoms with van der Waals surface area (Å²) in [6.45, 7) is 4.50. The van der Waals surface area contributed by atoms with Crippen LogP contribution >= 0.6 is 0 Å². The van der Waals surface area contributed by atoms with E-state index in [0.29, 0.717) is 9.13 Å². The first kappa shape index (κ1) is 10.1. The molecular formula is C9H20Si. The van der Waals surface area contributed by atoms with Crippen LogP contribution in [-0.4, -0.2) is 14.8 Å². The molecule has 10 heavy (non-hydrogen) atoms. The van der Waals surface area contributed by atoms with Crippen molar-refractivity contribution < 1.29 is 0 Å². The highest BCUT2D eigenvalue weighted by Crippen LogP contribution is 2.00. The van der Waals surface area contributed by atoms with Gasteiger partial charge in [-0.2, -0.15) is 0 Å². The average Bonchev–Trinajstić information content (AvgIpc) is 1.97. The molecule has 1 heteroatoms. The number of hydrogen-bond acceptors (Lipinski definition) is 0. The summed E-state index contributed by atoms with van der Waals surface area (Å²) in [6, 6.07) is 1.49. The van der Waals surface area contributed by atoms with Crippen molar-refractivity contribution in [2.75, 3.05) is 0 Å². The van der Waals surface area contributed by atoms with E-state index in [-0.39, 0.29) is 0 Å². The Morgan fingerprint density at radius 1 is 1.10 bits per heavy atom. The van der Waals surface area contributed by atoms with E-state index in [1.807, 2.05) is 0 Å². The van der Waals surface area contributed by atoms with Crippen molar-refractivity contribution in [3.63, 3.8) is 0 Å². The third-order valence-electron chi connectivity index (χ3n) is 1.63. The highest BCUT2D eigenvalue weighted by molar-refractivity contribution is 6.46. The van der Waals surface area contributed by atoms with Gasteiger partial charge in [0, 0.05) is 0 Å². The van der Waals surface area contributed by atoms with Crippen LogP contribution in [0.25, 0.3) is 0 Å². The summed E-state index contributed by atoms with van der Waals surface area (Å²) < 4.78 is 0. The second-order valence-corrected chi connectivity index (χ2v) is 4.25. The number of unbranched alkanes of at least 4 members (excludes halogenated alkanes) is 3. The molecule has 0 atom stereocenters. The van der Waals surface area contributed by atoms with Crippen LogP contribution in [0.5, 0.6) is 0 Å². The molecule has 0 rings (SSSR count). The smallest absolute Gasteiger partial charge is 0.0119 e. The fourth-order valence-electron chi connectivity index (χ4n) is 0.973. The molecule has 0 aromatic carbocycles. The van der Waals surface area contributed by atoms with Crippen LogP contribution in [0.1, 0.15) is 46.0 Å². The molecule has 0 fully saturated rings. The second kappa shape index (κ2) is 9.09. The first-order chi connectivity index (χ1) is 4.91. The van der Waals surface area contributed by atoms with E-state index in [4.69, 9.17) is 0 Å². The Kier molecular flexibility index (Phi) is 9.17. The topological polar surface area (TPSA) is 0 Å². The van der Waals surface area contributed by atoms with Gasteiger partial charge in [0.2, 0.25) is 0 Å². The first-order valence-electron chi connectivity index (χ1n) is 4.56. The molecule has 0 aliphatic carbocycles. The molecule has 0 unspecified atom stereocenters. The summed E-state index contributed by atoms with van der Waals surface area (Å²) in [5.41, 5.74) is 2.46. The number of hydrogen-bond donors (Lipinski definition) is 0. The highest BCUT2D eigenvalue weighted by atomic mass is 28.2. The van der Waals surface area contributed by atoms with Gasteiger partial charge < -0.3 is 0 Å². The first-order valence-corrected chi connectivity index (χ1v) is 6.05. The molecule has 0 aliphatic heterocycles. The Morgan fingerprint density at radius 2 is 1.90 bits per heavy atom. The molecule has 60 valence electrons. The van der Waals surface area contributed by atoms with Crippen LogP contribution in [0, 0.1) is 0 Å². The Hall–Kier alpha value is 0.0869. The lowest BCUT2D eigenvalue weighted by Gasteiger charge is -1.92. The van der Waals surface area contributed by atoms with Crippen LogP contribution in [0.4, 0.5) is 0 Å². The molecule has 0 amide bonds. The fraction of sp³-hybridized carbons (Fsp3) is 0.889. The summed E-state index contributed by atoms with van der Waals surface area (Å²) in [6.07, 6.45) is 7.02. The van der Waals surface area contributed by atoms with Crippen molar-refractivity contribution in [3.05, 3.63) is 0 Å². The maximum atomic E-state index is 2.46. The van der Waals surface area contributed by atoms with Crippen LogP contribution in [0.15, 0.2) is 0 Å². The monoisotopic (exact) mass is 156 g/mol. The minimum absolute atomic E-state index is 0.688. The lowest BCUT2D eigenvalue weighted by molar-refractivity contribution is 0.701. The molecule has 0 radical (unpaired) electrons. The predicted molar refractivity (Wildman–Crippen MR) is 52.5 cm³/mol. The van der Waals surface area contributed by atoms with Crippen LogP contribution in [-0.2, 0) is 0 Å². The van der Waals surface area contributed by atoms with E-state index in [0.717, 1.165) is 0 Å². The van der Waals surface area contributed by atoms with Gasteiger partial charge in [-0.15, -0.1) is 5.67 Å². The molecule has 0 saturated heterocycles. The molecule has 0 nitrogen and oxygen atoms in total. The third kappa shape index (κ3) is 8.09. The Labute approximate surface area is 67.5 Å². The zero-order valence-corrected chi connectivity index (χ0v) is 8.55. The molecule has 0 aromatic heterocycles. The molecule has 0 saturated carbocycles. The van der Waals surface area contributed by atoms with Gasteiger partial charge in [0.05, 0.1) is 0 Å². The molecule has 0 heterocycles. The molecule has 0 bridgehead atoms. The van der Waals surface area contributed by atoms with Crippen molar-refractivity contribution in [2.24, 2.45) is 0 Å². The van der Waals surface area contributed by atoms with Gasteiger partial charge in [0.1, 0.15) is 0 Å². The maximum Gasteiger partial charge on any atom is -0.0119 e. The quantitative estimate of drug-likeness (QED) is 0.410. The molecular weight excluding hydrogens is 136 g/mol. The van der Waals surface area contributed by atoms with Crippen LogP contribution in [0.3, 0.4) is 0 Å². The van der Waals surface area contributed by atoms with Crippen molar-refractivity contribution >= 4 is 14.8 Å². The summed E-state index contributed by atoms with van der Waals surface area (Å²) in [5.74, 6) is 0. The minimum Gasteiger partial charge on any atom is -0.107 e. The zero-order valence-electron chi connectivity index (χ0n) is 7.40. The van der Waals surface area contributed by atoms with E-state index in [9.17, 15) is 0 Å². The van der Waals surface area contributed by atoms with Gasteiger partial charge >= 0.3 is 0 Å².